The Morgan fingerprint density at radius 1 is 0.968 bits per heavy atom. The van der Waals surface area contributed by atoms with Crippen LogP contribution in [0.5, 0.6) is 11.5 Å². The zero-order valence-corrected chi connectivity index (χ0v) is 18.7. The van der Waals surface area contributed by atoms with Gasteiger partial charge in [0.2, 0.25) is 0 Å². The van der Waals surface area contributed by atoms with Crippen molar-refractivity contribution < 1.29 is 14.3 Å². The summed E-state index contributed by atoms with van der Waals surface area (Å²) >= 11 is 0. The van der Waals surface area contributed by atoms with Gasteiger partial charge in [0.15, 0.2) is 0 Å². The summed E-state index contributed by atoms with van der Waals surface area (Å²) in [6.45, 7) is 6.77. The summed E-state index contributed by atoms with van der Waals surface area (Å²) < 4.78 is 11.4. The minimum Gasteiger partial charge on any atom is -0.496 e. The Bertz CT molecular complexity index is 998. The van der Waals surface area contributed by atoms with Crippen LogP contribution in [0.3, 0.4) is 0 Å². The lowest BCUT2D eigenvalue weighted by Gasteiger charge is -2.23. The fourth-order valence-electron chi connectivity index (χ4n) is 3.59. The smallest absolute Gasteiger partial charge is 0.251 e. The zero-order valence-electron chi connectivity index (χ0n) is 18.7. The minimum absolute atomic E-state index is 0.101. The molecule has 0 aliphatic carbocycles. The largest absolute Gasteiger partial charge is 0.496 e. The third-order valence-electron chi connectivity index (χ3n) is 5.11. The van der Waals surface area contributed by atoms with Crippen LogP contribution >= 0.6 is 0 Å². The van der Waals surface area contributed by atoms with Gasteiger partial charge in [0.1, 0.15) is 18.1 Å². The third-order valence-corrected chi connectivity index (χ3v) is 5.11. The van der Waals surface area contributed by atoms with Gasteiger partial charge in [-0.2, -0.15) is 0 Å². The quantitative estimate of drug-likeness (QED) is 0.458. The number of hydrogen-bond donors (Lipinski definition) is 1. The molecule has 0 radical (unpaired) electrons. The van der Waals surface area contributed by atoms with Crippen molar-refractivity contribution in [3.05, 3.63) is 95.1 Å². The van der Waals surface area contributed by atoms with E-state index in [4.69, 9.17) is 9.47 Å². The summed E-state index contributed by atoms with van der Waals surface area (Å²) in [5.74, 6) is 1.92. The maximum Gasteiger partial charge on any atom is 0.251 e. The van der Waals surface area contributed by atoms with Crippen LogP contribution in [0.25, 0.3) is 0 Å². The van der Waals surface area contributed by atoms with E-state index in [1.165, 1.54) is 0 Å². The van der Waals surface area contributed by atoms with Crippen LogP contribution in [-0.2, 0) is 6.61 Å². The van der Waals surface area contributed by atoms with E-state index in [2.05, 4.69) is 25.2 Å². The SMILES string of the molecule is COc1ccc(C)cc1C(CC(C)C)NC(=O)c1cccc(COc2ccccc2)c1. The molecule has 0 aliphatic heterocycles. The van der Waals surface area contributed by atoms with Crippen molar-refractivity contribution in [2.75, 3.05) is 7.11 Å². The average Bonchev–Trinajstić information content (AvgIpc) is 2.78. The van der Waals surface area contributed by atoms with Crippen LogP contribution in [0.4, 0.5) is 0 Å². The molecular weight excluding hydrogens is 386 g/mol. The molecule has 1 amide bonds. The first-order valence-corrected chi connectivity index (χ1v) is 10.7. The monoisotopic (exact) mass is 417 g/mol. The zero-order chi connectivity index (χ0) is 22.2. The van der Waals surface area contributed by atoms with Gasteiger partial charge in [-0.3, -0.25) is 4.79 Å². The molecule has 0 aromatic heterocycles. The molecule has 0 spiro atoms. The molecule has 0 bridgehead atoms. The Morgan fingerprint density at radius 3 is 2.45 bits per heavy atom. The van der Waals surface area contributed by atoms with Crippen molar-refractivity contribution >= 4 is 5.91 Å². The van der Waals surface area contributed by atoms with Gasteiger partial charge in [-0.1, -0.05) is 61.9 Å². The first kappa shape index (κ1) is 22.4. The first-order chi connectivity index (χ1) is 15.0. The van der Waals surface area contributed by atoms with Crippen molar-refractivity contribution in [1.29, 1.82) is 0 Å². The maximum atomic E-state index is 13.1. The highest BCUT2D eigenvalue weighted by atomic mass is 16.5. The molecule has 0 aliphatic rings. The molecule has 3 aromatic carbocycles. The summed E-state index contributed by atoms with van der Waals surface area (Å²) in [5.41, 5.74) is 3.71. The molecule has 4 nitrogen and oxygen atoms in total. The summed E-state index contributed by atoms with van der Waals surface area (Å²) in [6, 6.07) is 23.2. The molecule has 4 heteroatoms. The number of para-hydroxylation sites is 1. The second kappa shape index (κ2) is 10.7. The summed E-state index contributed by atoms with van der Waals surface area (Å²) in [5, 5.41) is 3.22. The molecule has 1 atom stereocenters. The van der Waals surface area contributed by atoms with Crippen LogP contribution in [0, 0.1) is 12.8 Å². The van der Waals surface area contributed by atoms with Crippen molar-refractivity contribution in [1.82, 2.24) is 5.32 Å². The van der Waals surface area contributed by atoms with Crippen molar-refractivity contribution in [2.24, 2.45) is 5.92 Å². The highest BCUT2D eigenvalue weighted by Gasteiger charge is 2.21. The number of hydrogen-bond acceptors (Lipinski definition) is 3. The number of nitrogens with one attached hydrogen (secondary N) is 1. The highest BCUT2D eigenvalue weighted by molar-refractivity contribution is 5.94. The minimum atomic E-state index is -0.133. The Hall–Kier alpha value is -3.27. The van der Waals surface area contributed by atoms with Crippen LogP contribution in [0.15, 0.2) is 72.8 Å². The Balaban J connectivity index is 1.77. The summed E-state index contributed by atoms with van der Waals surface area (Å²) in [4.78, 5) is 13.1. The number of carbonyl (C=O) groups is 1. The summed E-state index contributed by atoms with van der Waals surface area (Å²) in [7, 11) is 1.67. The Labute approximate surface area is 185 Å². The van der Waals surface area contributed by atoms with Gasteiger partial charge in [0.25, 0.3) is 5.91 Å². The number of benzene rings is 3. The fourth-order valence-corrected chi connectivity index (χ4v) is 3.59. The van der Waals surface area contributed by atoms with Crippen molar-refractivity contribution in [2.45, 2.75) is 39.8 Å². The number of methoxy groups -OCH3 is 1. The Kier molecular flexibility index (Phi) is 7.71. The van der Waals surface area contributed by atoms with Gasteiger partial charge >= 0.3 is 0 Å². The molecular formula is C27H31NO3. The van der Waals surface area contributed by atoms with Crippen molar-refractivity contribution in [3.8, 4) is 11.5 Å². The number of ether oxygens (including phenoxy) is 2. The molecule has 1 unspecified atom stereocenters. The topological polar surface area (TPSA) is 47.6 Å². The highest BCUT2D eigenvalue weighted by Crippen LogP contribution is 2.31. The molecule has 31 heavy (non-hydrogen) atoms. The predicted octanol–water partition coefficient (Wildman–Crippen LogP) is 6.10. The second-order valence-electron chi connectivity index (χ2n) is 8.20. The van der Waals surface area contributed by atoms with Gasteiger partial charge in [0.05, 0.1) is 13.2 Å². The van der Waals surface area contributed by atoms with E-state index in [-0.39, 0.29) is 11.9 Å². The van der Waals surface area contributed by atoms with Crippen LogP contribution < -0.4 is 14.8 Å². The van der Waals surface area contributed by atoms with Gasteiger partial charge < -0.3 is 14.8 Å². The molecule has 0 heterocycles. The van der Waals surface area contributed by atoms with E-state index >= 15 is 0 Å². The molecule has 0 saturated heterocycles. The number of aryl methyl sites for hydroxylation is 1. The van der Waals surface area contributed by atoms with Crippen LogP contribution in [0.1, 0.15) is 53.4 Å². The molecule has 162 valence electrons. The normalized spacial score (nSPS) is 11.8. The van der Waals surface area contributed by atoms with E-state index in [9.17, 15) is 4.79 Å². The third kappa shape index (κ3) is 6.35. The number of amides is 1. The molecule has 3 rings (SSSR count). The average molecular weight is 418 g/mol. The van der Waals surface area contributed by atoms with E-state index in [0.717, 1.165) is 34.6 Å². The lowest BCUT2D eigenvalue weighted by molar-refractivity contribution is 0.0931. The lowest BCUT2D eigenvalue weighted by Crippen LogP contribution is -2.30. The van der Waals surface area contributed by atoms with Gasteiger partial charge in [-0.05, 0) is 55.2 Å². The van der Waals surface area contributed by atoms with Gasteiger partial charge in [-0.25, -0.2) is 0 Å². The number of rotatable bonds is 9. The molecule has 0 saturated carbocycles. The molecule has 3 aromatic rings. The fraction of sp³-hybridized carbons (Fsp3) is 0.296. The first-order valence-electron chi connectivity index (χ1n) is 10.7. The molecule has 0 fully saturated rings. The number of carbonyl (C=O) groups excluding carboxylic acids is 1. The Morgan fingerprint density at radius 2 is 1.74 bits per heavy atom. The van der Waals surface area contributed by atoms with Crippen molar-refractivity contribution in [3.63, 3.8) is 0 Å². The predicted molar refractivity (Wildman–Crippen MR) is 125 cm³/mol. The maximum absolute atomic E-state index is 13.1. The van der Waals surface area contributed by atoms with E-state index in [1.54, 1.807) is 7.11 Å². The van der Waals surface area contributed by atoms with Crippen LogP contribution in [-0.4, -0.2) is 13.0 Å². The van der Waals surface area contributed by atoms with E-state index in [1.807, 2.05) is 73.7 Å². The second-order valence-corrected chi connectivity index (χ2v) is 8.20. The molecule has 1 N–H and O–H groups in total. The van der Waals surface area contributed by atoms with Gasteiger partial charge in [-0.15, -0.1) is 0 Å². The van der Waals surface area contributed by atoms with E-state index in [0.29, 0.717) is 18.1 Å². The van der Waals surface area contributed by atoms with Crippen LogP contribution in [0.2, 0.25) is 0 Å². The van der Waals surface area contributed by atoms with E-state index < -0.39 is 0 Å². The standard InChI is InChI=1S/C27H31NO3/c1-19(2)15-25(24-16-20(3)13-14-26(24)30-4)28-27(29)22-10-8-9-21(17-22)18-31-23-11-6-5-7-12-23/h5-14,16-17,19,25H,15,18H2,1-4H3,(H,28,29). The lowest BCUT2D eigenvalue weighted by atomic mass is 9.94. The summed E-state index contributed by atoms with van der Waals surface area (Å²) in [6.07, 6.45) is 0.822. The van der Waals surface area contributed by atoms with Gasteiger partial charge in [0, 0.05) is 11.1 Å².